The number of anilines is 1. The quantitative estimate of drug-likeness (QED) is 0.906. The summed E-state index contributed by atoms with van der Waals surface area (Å²) in [4.78, 5) is 9.38. The third-order valence-electron chi connectivity index (χ3n) is 3.70. The lowest BCUT2D eigenvalue weighted by atomic mass is 10.1. The zero-order valence-corrected chi connectivity index (χ0v) is 11.6. The van der Waals surface area contributed by atoms with Gasteiger partial charge >= 0.3 is 0 Å². The van der Waals surface area contributed by atoms with E-state index >= 15 is 0 Å². The molecule has 1 aromatic heterocycles. The molecular weight excluding hydrogens is 242 g/mol. The molecule has 3 rings (SSSR count). The first-order chi connectivity index (χ1) is 9.28. The Morgan fingerprint density at radius 3 is 2.95 bits per heavy atom. The topological polar surface area (TPSA) is 56.3 Å². The van der Waals surface area contributed by atoms with Gasteiger partial charge in [-0.15, -0.1) is 0 Å². The van der Waals surface area contributed by atoms with Crippen molar-refractivity contribution in [1.29, 1.82) is 0 Å². The number of nitrogens with one attached hydrogen (secondary N) is 1. The van der Waals surface area contributed by atoms with Crippen LogP contribution in [-0.4, -0.2) is 29.2 Å². The molecule has 5 nitrogen and oxygen atoms in total. The molecule has 1 saturated heterocycles. The number of hydrogen-bond donors (Lipinski definition) is 1. The summed E-state index contributed by atoms with van der Waals surface area (Å²) in [5.74, 6) is 1.76. The molecule has 1 fully saturated rings. The van der Waals surface area contributed by atoms with E-state index in [-0.39, 0.29) is 6.10 Å². The van der Waals surface area contributed by atoms with Gasteiger partial charge in [-0.05, 0) is 26.7 Å². The van der Waals surface area contributed by atoms with E-state index < -0.39 is 0 Å². The Bertz CT molecular complexity index is 464. The summed E-state index contributed by atoms with van der Waals surface area (Å²) < 4.78 is 11.4. The van der Waals surface area contributed by atoms with Gasteiger partial charge < -0.3 is 14.8 Å². The fraction of sp³-hybridized carbons (Fsp3) is 0.714. The van der Waals surface area contributed by atoms with E-state index in [1.54, 1.807) is 0 Å². The highest BCUT2D eigenvalue weighted by Gasteiger charge is 2.28. The predicted molar refractivity (Wildman–Crippen MR) is 72.1 cm³/mol. The third-order valence-corrected chi connectivity index (χ3v) is 3.70. The van der Waals surface area contributed by atoms with Crippen molar-refractivity contribution in [3.63, 3.8) is 0 Å². The normalized spacial score (nSPS) is 26.2. The lowest BCUT2D eigenvalue weighted by Crippen LogP contribution is -2.19. The van der Waals surface area contributed by atoms with Crippen LogP contribution in [-0.2, 0) is 22.5 Å². The maximum Gasteiger partial charge on any atom is 0.159 e. The minimum atomic E-state index is 0.0561. The molecule has 0 aliphatic carbocycles. The van der Waals surface area contributed by atoms with Crippen molar-refractivity contribution < 1.29 is 9.47 Å². The zero-order chi connectivity index (χ0) is 13.2. The van der Waals surface area contributed by atoms with Crippen molar-refractivity contribution >= 4 is 5.82 Å². The average Bonchev–Trinajstić information content (AvgIpc) is 2.86. The van der Waals surface area contributed by atoms with Crippen molar-refractivity contribution in [2.24, 2.45) is 0 Å². The Hall–Kier alpha value is -1.20. The van der Waals surface area contributed by atoms with Crippen LogP contribution in [0.25, 0.3) is 0 Å². The molecule has 0 aromatic carbocycles. The minimum absolute atomic E-state index is 0.0561. The first-order valence-corrected chi connectivity index (χ1v) is 7.14. The van der Waals surface area contributed by atoms with Gasteiger partial charge in [0.1, 0.15) is 11.9 Å². The largest absolute Gasteiger partial charge is 0.376 e. The summed E-state index contributed by atoms with van der Waals surface area (Å²) in [6.45, 7) is 6.39. The summed E-state index contributed by atoms with van der Waals surface area (Å²) in [5.41, 5.74) is 2.23. The molecule has 0 radical (unpaired) electrons. The Morgan fingerprint density at radius 1 is 1.32 bits per heavy atom. The second kappa shape index (κ2) is 5.43. The van der Waals surface area contributed by atoms with Crippen LogP contribution in [0.5, 0.6) is 0 Å². The molecule has 2 atom stereocenters. The molecule has 3 heterocycles. The predicted octanol–water partition coefficient (Wildman–Crippen LogP) is 2.22. The second-order valence-electron chi connectivity index (χ2n) is 5.20. The van der Waals surface area contributed by atoms with Crippen LogP contribution in [0, 0.1) is 0 Å². The van der Waals surface area contributed by atoms with Crippen molar-refractivity contribution in [3.05, 3.63) is 17.1 Å². The summed E-state index contributed by atoms with van der Waals surface area (Å²) in [6, 6.07) is 0. The second-order valence-corrected chi connectivity index (χ2v) is 5.20. The highest BCUT2D eigenvalue weighted by Crippen LogP contribution is 2.32. The van der Waals surface area contributed by atoms with Gasteiger partial charge in [-0.25, -0.2) is 9.97 Å². The van der Waals surface area contributed by atoms with Gasteiger partial charge in [-0.2, -0.15) is 0 Å². The SMILES string of the molecule is CCNc1nc(C2CCC(C)O2)nc2c1COCC2. The molecule has 2 aliphatic heterocycles. The first-order valence-electron chi connectivity index (χ1n) is 7.14. The summed E-state index contributed by atoms with van der Waals surface area (Å²) in [7, 11) is 0. The zero-order valence-electron chi connectivity index (χ0n) is 11.6. The van der Waals surface area contributed by atoms with Crippen LogP contribution >= 0.6 is 0 Å². The van der Waals surface area contributed by atoms with Crippen LogP contribution in [0.1, 0.15) is 49.9 Å². The van der Waals surface area contributed by atoms with Crippen LogP contribution in [0.3, 0.4) is 0 Å². The summed E-state index contributed by atoms with van der Waals surface area (Å²) in [5, 5.41) is 3.32. The highest BCUT2D eigenvalue weighted by molar-refractivity contribution is 5.47. The Kier molecular flexibility index (Phi) is 3.66. The smallest absolute Gasteiger partial charge is 0.159 e. The molecule has 0 saturated carbocycles. The number of aromatic nitrogens is 2. The van der Waals surface area contributed by atoms with Gasteiger partial charge in [0.05, 0.1) is 25.0 Å². The van der Waals surface area contributed by atoms with Gasteiger partial charge in [0.2, 0.25) is 0 Å². The minimum Gasteiger partial charge on any atom is -0.376 e. The van der Waals surface area contributed by atoms with E-state index in [9.17, 15) is 0 Å². The van der Waals surface area contributed by atoms with E-state index in [1.165, 1.54) is 0 Å². The summed E-state index contributed by atoms with van der Waals surface area (Å²) in [6.07, 6.45) is 3.34. The number of ether oxygens (including phenoxy) is 2. The van der Waals surface area contributed by atoms with Crippen molar-refractivity contribution in [1.82, 2.24) is 9.97 Å². The lowest BCUT2D eigenvalue weighted by Gasteiger charge is -2.21. The molecule has 1 N–H and O–H groups in total. The fourth-order valence-electron chi connectivity index (χ4n) is 2.70. The highest BCUT2D eigenvalue weighted by atomic mass is 16.5. The average molecular weight is 263 g/mol. The van der Waals surface area contributed by atoms with E-state index in [1.807, 2.05) is 0 Å². The van der Waals surface area contributed by atoms with Crippen molar-refractivity contribution in [2.75, 3.05) is 18.5 Å². The molecule has 0 amide bonds. The van der Waals surface area contributed by atoms with Crippen molar-refractivity contribution in [3.8, 4) is 0 Å². The summed E-state index contributed by atoms with van der Waals surface area (Å²) >= 11 is 0. The van der Waals surface area contributed by atoms with Gasteiger partial charge in [0.25, 0.3) is 0 Å². The molecule has 2 unspecified atom stereocenters. The van der Waals surface area contributed by atoms with E-state index in [0.717, 1.165) is 55.3 Å². The Balaban J connectivity index is 1.94. The van der Waals surface area contributed by atoms with Crippen LogP contribution in [0.15, 0.2) is 0 Å². The van der Waals surface area contributed by atoms with Crippen molar-refractivity contribution in [2.45, 2.75) is 51.9 Å². The third kappa shape index (κ3) is 2.58. The number of rotatable bonds is 3. The molecule has 2 aliphatic rings. The maximum atomic E-state index is 5.89. The number of fused-ring (bicyclic) bond motifs is 1. The van der Waals surface area contributed by atoms with E-state index in [4.69, 9.17) is 14.5 Å². The Labute approximate surface area is 113 Å². The molecular formula is C14H21N3O2. The number of hydrogen-bond acceptors (Lipinski definition) is 5. The van der Waals surface area contributed by atoms with Gasteiger partial charge in [-0.3, -0.25) is 0 Å². The molecule has 5 heteroatoms. The van der Waals surface area contributed by atoms with E-state index in [2.05, 4.69) is 24.1 Å². The van der Waals surface area contributed by atoms with Gasteiger partial charge in [0, 0.05) is 18.5 Å². The van der Waals surface area contributed by atoms with Gasteiger partial charge in [0.15, 0.2) is 5.82 Å². The molecule has 1 aromatic rings. The van der Waals surface area contributed by atoms with Crippen LogP contribution in [0.2, 0.25) is 0 Å². The molecule has 19 heavy (non-hydrogen) atoms. The lowest BCUT2D eigenvalue weighted by molar-refractivity contribution is 0.0496. The fourth-order valence-corrected chi connectivity index (χ4v) is 2.70. The molecule has 0 spiro atoms. The first kappa shape index (κ1) is 12.8. The monoisotopic (exact) mass is 263 g/mol. The molecule has 0 bridgehead atoms. The maximum absolute atomic E-state index is 5.89. The van der Waals surface area contributed by atoms with Crippen LogP contribution in [0.4, 0.5) is 5.82 Å². The van der Waals surface area contributed by atoms with Crippen LogP contribution < -0.4 is 5.32 Å². The standard InChI is InChI=1S/C14H21N3O2/c1-3-15-13-10-8-18-7-6-11(10)16-14(17-13)12-5-4-9(2)19-12/h9,12H,3-8H2,1-2H3,(H,15,16,17). The van der Waals surface area contributed by atoms with E-state index in [0.29, 0.717) is 12.7 Å². The Morgan fingerprint density at radius 2 is 2.21 bits per heavy atom. The number of nitrogens with zero attached hydrogens (tertiary/aromatic N) is 2. The van der Waals surface area contributed by atoms with Gasteiger partial charge in [-0.1, -0.05) is 0 Å². The molecule has 104 valence electrons.